The summed E-state index contributed by atoms with van der Waals surface area (Å²) in [6, 6.07) is 49.6. The predicted molar refractivity (Wildman–Crippen MR) is 172 cm³/mol. The molecule has 190 valence electrons. The summed E-state index contributed by atoms with van der Waals surface area (Å²) < 4.78 is 2.24. The minimum absolute atomic E-state index is 0.679. The second-order valence-corrected chi connectivity index (χ2v) is 10.7. The van der Waals surface area contributed by atoms with Crippen LogP contribution < -0.4 is 0 Å². The van der Waals surface area contributed by atoms with Crippen molar-refractivity contribution in [1.29, 1.82) is 0 Å². The van der Waals surface area contributed by atoms with Crippen LogP contribution in [0.2, 0.25) is 0 Å². The lowest BCUT2D eigenvalue weighted by Gasteiger charge is -2.14. The van der Waals surface area contributed by atoms with Gasteiger partial charge < -0.3 is 0 Å². The van der Waals surface area contributed by atoms with Crippen molar-refractivity contribution in [2.75, 3.05) is 0 Å². The largest absolute Gasteiger partial charge is 0.278 e. The first-order valence-corrected chi connectivity index (χ1v) is 13.9. The van der Waals surface area contributed by atoms with Crippen LogP contribution in [0.5, 0.6) is 0 Å². The number of benzene rings is 7. The van der Waals surface area contributed by atoms with Crippen molar-refractivity contribution >= 4 is 65.0 Å². The molecule has 41 heavy (non-hydrogen) atoms. The lowest BCUT2D eigenvalue weighted by Crippen LogP contribution is -2.04. The highest BCUT2D eigenvalue weighted by atomic mass is 15.2. The van der Waals surface area contributed by atoms with Crippen LogP contribution in [0, 0.1) is 0 Å². The van der Waals surface area contributed by atoms with Gasteiger partial charge >= 0.3 is 0 Å². The molecule has 2 heterocycles. The molecule has 0 saturated heterocycles. The fourth-order valence-corrected chi connectivity index (χ4v) is 6.46. The minimum Gasteiger partial charge on any atom is -0.278 e. The molecule has 0 atom stereocenters. The molecule has 3 heteroatoms. The van der Waals surface area contributed by atoms with Crippen LogP contribution >= 0.6 is 0 Å². The molecule has 0 bridgehead atoms. The van der Waals surface area contributed by atoms with Crippen LogP contribution in [-0.4, -0.2) is 14.5 Å². The van der Waals surface area contributed by atoms with Gasteiger partial charge in [0.2, 0.25) is 5.95 Å². The Morgan fingerprint density at radius 3 is 1.85 bits per heavy atom. The molecule has 0 aliphatic carbocycles. The van der Waals surface area contributed by atoms with Gasteiger partial charge in [-0.05, 0) is 51.2 Å². The van der Waals surface area contributed by atoms with E-state index in [0.29, 0.717) is 5.95 Å². The molecule has 0 radical (unpaired) electrons. The molecule has 0 fully saturated rings. The number of aromatic nitrogens is 3. The van der Waals surface area contributed by atoms with Crippen LogP contribution in [0.1, 0.15) is 0 Å². The first-order valence-electron chi connectivity index (χ1n) is 13.9. The fourth-order valence-electron chi connectivity index (χ4n) is 6.46. The number of hydrogen-bond acceptors (Lipinski definition) is 2. The van der Waals surface area contributed by atoms with E-state index < -0.39 is 0 Å². The molecule has 2 aromatic heterocycles. The van der Waals surface area contributed by atoms with Gasteiger partial charge in [0.15, 0.2) is 0 Å². The zero-order valence-electron chi connectivity index (χ0n) is 22.1. The third-order valence-electron chi connectivity index (χ3n) is 8.36. The van der Waals surface area contributed by atoms with Gasteiger partial charge in [0.05, 0.1) is 22.2 Å². The van der Waals surface area contributed by atoms with Crippen LogP contribution in [-0.2, 0) is 0 Å². The van der Waals surface area contributed by atoms with Crippen LogP contribution in [0.15, 0.2) is 140 Å². The Kier molecular flexibility index (Phi) is 4.61. The molecular formula is C38H23N3. The maximum Gasteiger partial charge on any atom is 0.235 e. The Balaban J connectivity index is 1.47. The van der Waals surface area contributed by atoms with Crippen molar-refractivity contribution in [3.8, 4) is 17.2 Å². The zero-order chi connectivity index (χ0) is 26.9. The smallest absolute Gasteiger partial charge is 0.235 e. The van der Waals surface area contributed by atoms with Crippen molar-refractivity contribution in [2.24, 2.45) is 0 Å². The molecule has 3 nitrogen and oxygen atoms in total. The first-order chi connectivity index (χ1) is 20.3. The molecule has 0 saturated carbocycles. The Morgan fingerprint density at radius 2 is 1.02 bits per heavy atom. The summed E-state index contributed by atoms with van der Waals surface area (Å²) >= 11 is 0. The lowest BCUT2D eigenvalue weighted by atomic mass is 9.98. The summed E-state index contributed by atoms with van der Waals surface area (Å²) in [6.07, 6.45) is 0. The average Bonchev–Trinajstić information content (AvgIpc) is 3.36. The SMILES string of the molecule is c1ccc2cc3c(cc2c1)c1ccccc1n3-c1nc(-c2cccc3ccccc23)c2ccc3ccccc3c2n1. The first kappa shape index (κ1) is 22.3. The van der Waals surface area contributed by atoms with E-state index >= 15 is 0 Å². The van der Waals surface area contributed by atoms with E-state index in [-0.39, 0.29) is 0 Å². The van der Waals surface area contributed by atoms with E-state index in [1.807, 2.05) is 0 Å². The molecule has 7 aromatic carbocycles. The van der Waals surface area contributed by atoms with E-state index in [1.165, 1.54) is 37.7 Å². The third-order valence-corrected chi connectivity index (χ3v) is 8.36. The monoisotopic (exact) mass is 521 g/mol. The van der Waals surface area contributed by atoms with Gasteiger partial charge in [0.25, 0.3) is 0 Å². The van der Waals surface area contributed by atoms with E-state index in [1.54, 1.807) is 0 Å². The molecule has 9 rings (SSSR count). The van der Waals surface area contributed by atoms with Gasteiger partial charge in [-0.3, -0.25) is 4.57 Å². The van der Waals surface area contributed by atoms with Gasteiger partial charge in [0, 0.05) is 27.1 Å². The van der Waals surface area contributed by atoms with Crippen LogP contribution in [0.25, 0.3) is 82.2 Å². The molecule has 0 unspecified atom stereocenters. The lowest BCUT2D eigenvalue weighted by molar-refractivity contribution is 1.02. The van der Waals surface area contributed by atoms with Crippen LogP contribution in [0.3, 0.4) is 0 Å². The molecule has 0 spiro atoms. The highest BCUT2D eigenvalue weighted by molar-refractivity contribution is 6.15. The quantitative estimate of drug-likeness (QED) is 0.212. The minimum atomic E-state index is 0.679. The average molecular weight is 522 g/mol. The summed E-state index contributed by atoms with van der Waals surface area (Å²) in [6.45, 7) is 0. The second kappa shape index (κ2) is 8.48. The van der Waals surface area contributed by atoms with Crippen molar-refractivity contribution in [3.05, 3.63) is 140 Å². The van der Waals surface area contributed by atoms with Crippen molar-refractivity contribution in [2.45, 2.75) is 0 Å². The fraction of sp³-hybridized carbons (Fsp3) is 0. The number of hydrogen-bond donors (Lipinski definition) is 0. The maximum atomic E-state index is 5.40. The summed E-state index contributed by atoms with van der Waals surface area (Å²) in [5.74, 6) is 0.679. The summed E-state index contributed by atoms with van der Waals surface area (Å²) in [5.41, 5.74) is 5.22. The second-order valence-electron chi connectivity index (χ2n) is 10.7. The Bertz CT molecular complexity index is 2480. The molecule has 0 aliphatic heterocycles. The van der Waals surface area contributed by atoms with Gasteiger partial charge in [-0.25, -0.2) is 9.97 Å². The van der Waals surface area contributed by atoms with E-state index in [4.69, 9.17) is 9.97 Å². The Hall–Kier alpha value is -5.54. The Morgan fingerprint density at radius 1 is 0.390 bits per heavy atom. The number of fused-ring (bicyclic) bond motifs is 8. The van der Waals surface area contributed by atoms with Gasteiger partial charge in [0.1, 0.15) is 0 Å². The maximum absolute atomic E-state index is 5.40. The van der Waals surface area contributed by atoms with E-state index in [9.17, 15) is 0 Å². The molecule has 9 aromatic rings. The van der Waals surface area contributed by atoms with Crippen molar-refractivity contribution in [1.82, 2.24) is 14.5 Å². The number of para-hydroxylation sites is 1. The highest BCUT2D eigenvalue weighted by Gasteiger charge is 2.19. The van der Waals surface area contributed by atoms with Crippen molar-refractivity contribution < 1.29 is 0 Å². The van der Waals surface area contributed by atoms with Gasteiger partial charge in [-0.15, -0.1) is 0 Å². The Labute approximate surface area is 235 Å². The summed E-state index contributed by atoms with van der Waals surface area (Å²) in [5, 5.41) is 10.5. The number of rotatable bonds is 2. The summed E-state index contributed by atoms with van der Waals surface area (Å²) in [7, 11) is 0. The summed E-state index contributed by atoms with van der Waals surface area (Å²) in [4.78, 5) is 10.7. The molecular weight excluding hydrogens is 498 g/mol. The molecule has 0 amide bonds. The van der Waals surface area contributed by atoms with E-state index in [2.05, 4.69) is 144 Å². The van der Waals surface area contributed by atoms with Gasteiger partial charge in [-0.2, -0.15) is 0 Å². The highest BCUT2D eigenvalue weighted by Crippen LogP contribution is 2.38. The molecule has 0 aliphatic rings. The number of nitrogens with zero attached hydrogens (tertiary/aromatic N) is 3. The van der Waals surface area contributed by atoms with Crippen LogP contribution in [0.4, 0.5) is 0 Å². The standard InChI is InChI=1S/C38H23N3/c1-2-13-27-23-35-33(22-26(27)12-1)30-17-7-8-19-34(30)41(35)38-39-36-29-16-6-4-11-25(29)20-21-32(36)37(40-38)31-18-9-14-24-10-3-5-15-28(24)31/h1-23H. The van der Waals surface area contributed by atoms with E-state index in [0.717, 1.165) is 38.6 Å². The normalized spacial score (nSPS) is 11.9. The van der Waals surface area contributed by atoms with Gasteiger partial charge in [-0.1, -0.05) is 115 Å². The third kappa shape index (κ3) is 3.26. The predicted octanol–water partition coefficient (Wildman–Crippen LogP) is 9.85. The molecule has 0 N–H and O–H groups in total. The van der Waals surface area contributed by atoms with Crippen molar-refractivity contribution in [3.63, 3.8) is 0 Å². The topological polar surface area (TPSA) is 30.7 Å². The zero-order valence-corrected chi connectivity index (χ0v) is 22.1.